The molecule has 0 bridgehead atoms. The van der Waals surface area contributed by atoms with Crippen LogP contribution in [0.4, 0.5) is 5.69 Å². The van der Waals surface area contributed by atoms with Crippen LogP contribution in [0, 0.1) is 0 Å². The van der Waals surface area contributed by atoms with Gasteiger partial charge in [-0.25, -0.2) is 4.79 Å². The second-order valence-corrected chi connectivity index (χ2v) is 6.18. The number of para-hydroxylation sites is 1. The molecule has 1 heterocycles. The molecule has 0 aliphatic carbocycles. The van der Waals surface area contributed by atoms with E-state index >= 15 is 0 Å². The monoisotopic (exact) mass is 366 g/mol. The summed E-state index contributed by atoms with van der Waals surface area (Å²) in [5.74, 6) is -2.48. The highest BCUT2D eigenvalue weighted by molar-refractivity contribution is 6.22. The number of carboxylic acids is 1. The van der Waals surface area contributed by atoms with Crippen LogP contribution in [0.2, 0.25) is 0 Å². The Morgan fingerprint density at radius 3 is 2.44 bits per heavy atom. The normalized spacial score (nSPS) is 12.9. The van der Waals surface area contributed by atoms with Crippen molar-refractivity contribution in [1.82, 2.24) is 4.90 Å². The minimum Gasteiger partial charge on any atom is -0.478 e. The van der Waals surface area contributed by atoms with Crippen LogP contribution < -0.4 is 5.32 Å². The summed E-state index contributed by atoms with van der Waals surface area (Å²) in [5, 5.41) is 11.7. The number of carboxylic acid groups (broad SMARTS) is 1. The van der Waals surface area contributed by atoms with Crippen LogP contribution in [0.15, 0.2) is 42.5 Å². The van der Waals surface area contributed by atoms with Crippen molar-refractivity contribution >= 4 is 29.4 Å². The molecule has 3 amide bonds. The number of hydrogen-bond donors (Lipinski definition) is 2. The lowest BCUT2D eigenvalue weighted by Gasteiger charge is -2.12. The number of hydrogen-bond acceptors (Lipinski definition) is 4. The summed E-state index contributed by atoms with van der Waals surface area (Å²) in [6, 6.07) is 10.3. The largest absolute Gasteiger partial charge is 0.478 e. The maximum atomic E-state index is 12.5. The van der Waals surface area contributed by atoms with Crippen molar-refractivity contribution in [2.75, 3.05) is 11.9 Å². The fourth-order valence-electron chi connectivity index (χ4n) is 2.92. The van der Waals surface area contributed by atoms with E-state index in [1.54, 1.807) is 12.1 Å². The summed E-state index contributed by atoms with van der Waals surface area (Å²) in [4.78, 5) is 49.8. The highest BCUT2D eigenvalue weighted by Crippen LogP contribution is 2.25. The van der Waals surface area contributed by atoms with E-state index in [9.17, 15) is 24.3 Å². The van der Waals surface area contributed by atoms with Crippen LogP contribution in [0.5, 0.6) is 0 Å². The SMILES string of the molecule is CCCCN1C(=O)c2ccc(C(=O)Nc3ccccc3C(=O)O)cc2C1=O. The summed E-state index contributed by atoms with van der Waals surface area (Å²) in [5.41, 5.74) is 0.757. The van der Waals surface area contributed by atoms with Crippen LogP contribution >= 0.6 is 0 Å². The van der Waals surface area contributed by atoms with E-state index in [0.717, 1.165) is 6.42 Å². The first-order valence-corrected chi connectivity index (χ1v) is 8.58. The van der Waals surface area contributed by atoms with Crippen molar-refractivity contribution in [1.29, 1.82) is 0 Å². The average molecular weight is 366 g/mol. The second-order valence-electron chi connectivity index (χ2n) is 6.18. The summed E-state index contributed by atoms with van der Waals surface area (Å²) in [7, 11) is 0. The summed E-state index contributed by atoms with van der Waals surface area (Å²) >= 11 is 0. The number of benzene rings is 2. The molecule has 0 spiro atoms. The molecule has 1 aliphatic rings. The van der Waals surface area contributed by atoms with Gasteiger partial charge in [-0.3, -0.25) is 19.3 Å². The summed E-state index contributed by atoms with van der Waals surface area (Å²) in [6.07, 6.45) is 1.56. The molecule has 2 N–H and O–H groups in total. The molecule has 1 aliphatic heterocycles. The molecule has 27 heavy (non-hydrogen) atoms. The van der Waals surface area contributed by atoms with Gasteiger partial charge < -0.3 is 10.4 Å². The molecule has 2 aromatic carbocycles. The van der Waals surface area contributed by atoms with Crippen LogP contribution in [-0.4, -0.2) is 40.2 Å². The van der Waals surface area contributed by atoms with E-state index in [2.05, 4.69) is 5.32 Å². The van der Waals surface area contributed by atoms with Gasteiger partial charge >= 0.3 is 5.97 Å². The van der Waals surface area contributed by atoms with Crippen LogP contribution in [0.3, 0.4) is 0 Å². The molecule has 0 aromatic heterocycles. The number of aromatic carboxylic acids is 1. The summed E-state index contributed by atoms with van der Waals surface area (Å²) in [6.45, 7) is 2.31. The Morgan fingerprint density at radius 2 is 1.74 bits per heavy atom. The van der Waals surface area contributed by atoms with Crippen molar-refractivity contribution in [2.24, 2.45) is 0 Å². The smallest absolute Gasteiger partial charge is 0.337 e. The Morgan fingerprint density at radius 1 is 1.04 bits per heavy atom. The Kier molecular flexibility index (Phi) is 5.03. The molecule has 3 rings (SSSR count). The van der Waals surface area contributed by atoms with Crippen LogP contribution in [-0.2, 0) is 0 Å². The number of carbonyl (C=O) groups is 4. The van der Waals surface area contributed by atoms with Gasteiger partial charge in [-0.15, -0.1) is 0 Å². The van der Waals surface area contributed by atoms with Gasteiger partial charge in [0, 0.05) is 12.1 Å². The standard InChI is InChI=1S/C20H18N2O5/c1-2-3-10-22-18(24)13-9-8-12(11-15(13)19(22)25)17(23)21-16-7-5-4-6-14(16)20(26)27/h4-9,11H,2-3,10H2,1H3,(H,21,23)(H,26,27). The second kappa shape index (κ2) is 7.41. The molecule has 0 saturated heterocycles. The van der Waals surface area contributed by atoms with Crippen molar-refractivity contribution < 1.29 is 24.3 Å². The molecule has 2 aromatic rings. The van der Waals surface area contributed by atoms with E-state index < -0.39 is 17.8 Å². The number of nitrogens with zero attached hydrogens (tertiary/aromatic N) is 1. The molecule has 7 heteroatoms. The van der Waals surface area contributed by atoms with Gasteiger partial charge in [0.05, 0.1) is 22.4 Å². The molecule has 0 fully saturated rings. The lowest BCUT2D eigenvalue weighted by atomic mass is 10.0. The molecule has 7 nitrogen and oxygen atoms in total. The van der Waals surface area contributed by atoms with Crippen LogP contribution in [0.25, 0.3) is 0 Å². The Balaban J connectivity index is 1.86. The van der Waals surface area contributed by atoms with Gasteiger partial charge in [0.15, 0.2) is 0 Å². The predicted octanol–water partition coefficient (Wildman–Crippen LogP) is 3.03. The Hall–Kier alpha value is -3.48. The minimum atomic E-state index is -1.16. The molecule has 0 atom stereocenters. The van der Waals surface area contributed by atoms with Gasteiger partial charge in [-0.2, -0.15) is 0 Å². The molecular weight excluding hydrogens is 348 g/mol. The number of unbranched alkanes of at least 4 members (excludes halogenated alkanes) is 1. The maximum Gasteiger partial charge on any atom is 0.337 e. The minimum absolute atomic E-state index is 0.0380. The first-order chi connectivity index (χ1) is 12.9. The number of nitrogens with one attached hydrogen (secondary N) is 1. The predicted molar refractivity (Wildman–Crippen MR) is 98.1 cm³/mol. The number of carbonyl (C=O) groups excluding carboxylic acids is 3. The topological polar surface area (TPSA) is 104 Å². The number of fused-ring (bicyclic) bond motifs is 1. The number of anilines is 1. The van der Waals surface area contributed by atoms with Gasteiger partial charge in [0.1, 0.15) is 0 Å². The zero-order valence-electron chi connectivity index (χ0n) is 14.7. The third-order valence-electron chi connectivity index (χ3n) is 4.37. The van der Waals surface area contributed by atoms with Gasteiger partial charge in [0.25, 0.3) is 17.7 Å². The third kappa shape index (κ3) is 3.44. The van der Waals surface area contributed by atoms with Crippen molar-refractivity contribution in [2.45, 2.75) is 19.8 Å². The Bertz CT molecular complexity index is 951. The lowest BCUT2D eigenvalue weighted by molar-refractivity contribution is 0.0648. The zero-order chi connectivity index (χ0) is 19.6. The number of amides is 3. The van der Waals surface area contributed by atoms with Crippen molar-refractivity contribution in [3.63, 3.8) is 0 Å². The molecule has 0 unspecified atom stereocenters. The van der Waals surface area contributed by atoms with E-state index in [1.165, 1.54) is 35.2 Å². The highest BCUT2D eigenvalue weighted by atomic mass is 16.4. The first kappa shape index (κ1) is 18.3. The van der Waals surface area contributed by atoms with E-state index in [4.69, 9.17) is 0 Å². The molecule has 138 valence electrons. The van der Waals surface area contributed by atoms with Crippen molar-refractivity contribution in [3.05, 3.63) is 64.7 Å². The van der Waals surface area contributed by atoms with E-state index in [-0.39, 0.29) is 33.8 Å². The molecular formula is C20H18N2O5. The van der Waals surface area contributed by atoms with Gasteiger partial charge in [0.2, 0.25) is 0 Å². The quantitative estimate of drug-likeness (QED) is 0.765. The first-order valence-electron chi connectivity index (χ1n) is 8.58. The Labute approximate surface area is 155 Å². The number of rotatable bonds is 6. The zero-order valence-corrected chi connectivity index (χ0v) is 14.7. The third-order valence-corrected chi connectivity index (χ3v) is 4.37. The van der Waals surface area contributed by atoms with E-state index in [0.29, 0.717) is 13.0 Å². The van der Waals surface area contributed by atoms with E-state index in [1.807, 2.05) is 6.92 Å². The van der Waals surface area contributed by atoms with Crippen molar-refractivity contribution in [3.8, 4) is 0 Å². The maximum absolute atomic E-state index is 12.5. The highest BCUT2D eigenvalue weighted by Gasteiger charge is 2.35. The fourth-order valence-corrected chi connectivity index (χ4v) is 2.92. The summed E-state index contributed by atoms with van der Waals surface area (Å²) < 4.78 is 0. The van der Waals surface area contributed by atoms with Crippen LogP contribution in [0.1, 0.15) is 61.2 Å². The van der Waals surface area contributed by atoms with Gasteiger partial charge in [-0.05, 0) is 36.8 Å². The van der Waals surface area contributed by atoms with Gasteiger partial charge in [-0.1, -0.05) is 25.5 Å². The lowest BCUT2D eigenvalue weighted by Crippen LogP contribution is -2.30. The number of imide groups is 1. The molecule has 0 radical (unpaired) electrons. The average Bonchev–Trinajstić information content (AvgIpc) is 2.90. The molecule has 0 saturated carbocycles. The fraction of sp³-hybridized carbons (Fsp3) is 0.200.